The number of ether oxygens (including phenoxy) is 2. The summed E-state index contributed by atoms with van der Waals surface area (Å²) in [6.45, 7) is 3.83. The van der Waals surface area contributed by atoms with Crippen molar-refractivity contribution in [1.29, 1.82) is 0 Å². The Morgan fingerprint density at radius 3 is 2.00 bits per heavy atom. The molecule has 0 radical (unpaired) electrons. The van der Waals surface area contributed by atoms with Gasteiger partial charge in [-0.3, -0.25) is 0 Å². The maximum atomic E-state index is 11.4. The number of carbonyl (C=O) groups excluding carboxylic acids is 2. The Kier molecular flexibility index (Phi) is 8.27. The minimum Gasteiger partial charge on any atom is -0.465 e. The average Bonchev–Trinajstić information content (AvgIpc) is 3.13. The highest BCUT2D eigenvalue weighted by molar-refractivity contribution is 7.14. The summed E-state index contributed by atoms with van der Waals surface area (Å²) < 4.78 is 9.20. The number of nitrogens with two attached hydrogens (primary N) is 1. The molecule has 0 unspecified atom stereocenters. The number of methoxy groups -OCH3 is 2. The summed E-state index contributed by atoms with van der Waals surface area (Å²) in [5.74, 6) is -0.695. The second kappa shape index (κ2) is 9.93. The van der Waals surface area contributed by atoms with Crippen molar-refractivity contribution < 1.29 is 19.1 Å². The molecule has 142 valence electrons. The lowest BCUT2D eigenvalue weighted by atomic mass is 10.3. The fourth-order valence-corrected chi connectivity index (χ4v) is 3.53. The maximum absolute atomic E-state index is 11.4. The van der Waals surface area contributed by atoms with Gasteiger partial charge in [-0.1, -0.05) is 0 Å². The summed E-state index contributed by atoms with van der Waals surface area (Å²) in [4.78, 5) is 31.5. The van der Waals surface area contributed by atoms with Gasteiger partial charge in [0.25, 0.3) is 0 Å². The van der Waals surface area contributed by atoms with Gasteiger partial charge in [-0.25, -0.2) is 14.6 Å². The molecule has 0 aliphatic carbocycles. The van der Waals surface area contributed by atoms with Gasteiger partial charge in [0, 0.05) is 23.8 Å². The molecular weight excluding hydrogens is 374 g/mol. The first kappa shape index (κ1) is 21.7. The van der Waals surface area contributed by atoms with E-state index < -0.39 is 0 Å². The predicted octanol–water partition coefficient (Wildman–Crippen LogP) is 3.49. The SMILES string of the molecule is COC(=O)c1sc(C)cc1/N=C/N(C)C.COC(=O)c1sc(C)cc1N. The molecule has 2 aromatic rings. The topological polar surface area (TPSA) is 94.2 Å². The zero-order valence-electron chi connectivity index (χ0n) is 15.7. The van der Waals surface area contributed by atoms with E-state index in [0.29, 0.717) is 21.1 Å². The number of nitrogen functional groups attached to an aromatic ring is 1. The summed E-state index contributed by atoms with van der Waals surface area (Å²) in [6.07, 6.45) is 1.66. The fraction of sp³-hybridized carbons (Fsp3) is 0.353. The number of aliphatic imine (C=N–C) groups is 1. The molecule has 0 amide bonds. The van der Waals surface area contributed by atoms with Crippen LogP contribution in [-0.2, 0) is 9.47 Å². The lowest BCUT2D eigenvalue weighted by Crippen LogP contribution is -2.07. The molecule has 9 heteroatoms. The molecule has 2 N–H and O–H groups in total. The first-order valence-electron chi connectivity index (χ1n) is 7.53. The van der Waals surface area contributed by atoms with Crippen LogP contribution in [0.25, 0.3) is 0 Å². The van der Waals surface area contributed by atoms with E-state index in [1.807, 2.05) is 38.9 Å². The first-order chi connectivity index (χ1) is 12.2. The zero-order chi connectivity index (χ0) is 19.9. The van der Waals surface area contributed by atoms with Crippen LogP contribution in [0.3, 0.4) is 0 Å². The molecule has 2 heterocycles. The van der Waals surface area contributed by atoms with Gasteiger partial charge in [0.1, 0.15) is 9.75 Å². The van der Waals surface area contributed by atoms with Crippen molar-refractivity contribution in [3.8, 4) is 0 Å². The van der Waals surface area contributed by atoms with Crippen LogP contribution in [0.4, 0.5) is 11.4 Å². The van der Waals surface area contributed by atoms with Crippen LogP contribution < -0.4 is 5.73 Å². The van der Waals surface area contributed by atoms with E-state index in [9.17, 15) is 9.59 Å². The number of anilines is 1. The van der Waals surface area contributed by atoms with Crippen molar-refractivity contribution >= 4 is 52.3 Å². The lowest BCUT2D eigenvalue weighted by Gasteiger charge is -2.02. The number of carbonyl (C=O) groups is 2. The van der Waals surface area contributed by atoms with Crippen molar-refractivity contribution in [3.05, 3.63) is 31.6 Å². The van der Waals surface area contributed by atoms with E-state index in [1.165, 1.54) is 36.9 Å². The molecule has 26 heavy (non-hydrogen) atoms. The van der Waals surface area contributed by atoms with Crippen molar-refractivity contribution in [3.63, 3.8) is 0 Å². The molecule has 2 aromatic heterocycles. The van der Waals surface area contributed by atoms with E-state index in [4.69, 9.17) is 5.73 Å². The van der Waals surface area contributed by atoms with Crippen LogP contribution in [0.2, 0.25) is 0 Å². The van der Waals surface area contributed by atoms with Crippen molar-refractivity contribution in [2.75, 3.05) is 34.0 Å². The van der Waals surface area contributed by atoms with Gasteiger partial charge in [0.05, 0.1) is 31.9 Å². The smallest absolute Gasteiger partial charge is 0.350 e. The molecule has 0 aliphatic heterocycles. The standard InChI is InChI=1S/C10H14N2O2S.C7H9NO2S/c1-7-5-8(11-6-12(2)3)9(15-7)10(13)14-4;1-4-3-5(8)6(11-4)7(9)10-2/h5-6H,1-4H3;3H,8H2,1-2H3/b11-6+;. The quantitative estimate of drug-likeness (QED) is 0.482. The Morgan fingerprint density at radius 2 is 1.54 bits per heavy atom. The van der Waals surface area contributed by atoms with E-state index in [2.05, 4.69) is 14.5 Å². The van der Waals surface area contributed by atoms with Crippen molar-refractivity contribution in [2.45, 2.75) is 13.8 Å². The second-order valence-electron chi connectivity index (χ2n) is 5.40. The molecule has 0 saturated heterocycles. The Morgan fingerprint density at radius 1 is 1.04 bits per heavy atom. The minimum absolute atomic E-state index is 0.334. The van der Waals surface area contributed by atoms with Gasteiger partial charge in [0.15, 0.2) is 0 Å². The highest BCUT2D eigenvalue weighted by atomic mass is 32.1. The third-order valence-corrected chi connectivity index (χ3v) is 4.96. The summed E-state index contributed by atoms with van der Waals surface area (Å²) >= 11 is 2.74. The van der Waals surface area contributed by atoms with Crippen LogP contribution in [0.15, 0.2) is 17.1 Å². The molecule has 0 spiro atoms. The summed E-state index contributed by atoms with van der Waals surface area (Å²) in [5.41, 5.74) is 6.69. The monoisotopic (exact) mass is 397 g/mol. The number of aryl methyl sites for hydroxylation is 2. The molecule has 0 bridgehead atoms. The Bertz CT molecular complexity index is 794. The number of thiophene rings is 2. The van der Waals surface area contributed by atoms with Crippen LogP contribution in [0, 0.1) is 13.8 Å². The normalized spacial score (nSPS) is 10.2. The predicted molar refractivity (Wildman–Crippen MR) is 107 cm³/mol. The molecule has 0 fully saturated rings. The highest BCUT2D eigenvalue weighted by Gasteiger charge is 2.14. The summed E-state index contributed by atoms with van der Waals surface area (Å²) in [7, 11) is 6.47. The minimum atomic E-state index is -0.361. The third kappa shape index (κ3) is 6.16. The largest absolute Gasteiger partial charge is 0.465 e. The van der Waals surface area contributed by atoms with Gasteiger partial charge in [0.2, 0.25) is 0 Å². The first-order valence-corrected chi connectivity index (χ1v) is 9.16. The second-order valence-corrected chi connectivity index (χ2v) is 7.92. The highest BCUT2D eigenvalue weighted by Crippen LogP contribution is 2.29. The summed E-state index contributed by atoms with van der Waals surface area (Å²) in [5, 5.41) is 0. The molecule has 0 saturated carbocycles. The molecular formula is C17H23N3O4S2. The van der Waals surface area contributed by atoms with Gasteiger partial charge in [-0.05, 0) is 26.0 Å². The van der Waals surface area contributed by atoms with Gasteiger partial charge in [-0.15, -0.1) is 22.7 Å². The summed E-state index contributed by atoms with van der Waals surface area (Å²) in [6, 6.07) is 3.63. The number of hydrogen-bond acceptors (Lipinski definition) is 8. The van der Waals surface area contributed by atoms with Crippen LogP contribution >= 0.6 is 22.7 Å². The maximum Gasteiger partial charge on any atom is 0.350 e. The van der Waals surface area contributed by atoms with E-state index >= 15 is 0 Å². The number of nitrogens with zero attached hydrogens (tertiary/aromatic N) is 2. The third-order valence-electron chi connectivity index (χ3n) is 2.89. The average molecular weight is 398 g/mol. The number of hydrogen-bond donors (Lipinski definition) is 1. The van der Waals surface area contributed by atoms with Gasteiger partial charge < -0.3 is 20.1 Å². The van der Waals surface area contributed by atoms with Crippen molar-refractivity contribution in [2.24, 2.45) is 4.99 Å². The Labute approximate surface area is 161 Å². The molecule has 0 atom stereocenters. The number of esters is 2. The molecule has 0 aromatic carbocycles. The number of rotatable bonds is 4. The van der Waals surface area contributed by atoms with Crippen LogP contribution in [0.1, 0.15) is 29.1 Å². The Hall–Kier alpha value is -2.39. The molecule has 7 nitrogen and oxygen atoms in total. The fourth-order valence-electron chi connectivity index (χ4n) is 1.80. The van der Waals surface area contributed by atoms with Crippen LogP contribution in [0.5, 0.6) is 0 Å². The van der Waals surface area contributed by atoms with Gasteiger partial charge in [-0.2, -0.15) is 0 Å². The van der Waals surface area contributed by atoms with E-state index in [0.717, 1.165) is 9.75 Å². The van der Waals surface area contributed by atoms with E-state index in [-0.39, 0.29) is 11.9 Å². The van der Waals surface area contributed by atoms with Crippen molar-refractivity contribution in [1.82, 2.24) is 4.90 Å². The van der Waals surface area contributed by atoms with E-state index in [1.54, 1.807) is 12.4 Å². The zero-order valence-corrected chi connectivity index (χ0v) is 17.3. The molecule has 2 rings (SSSR count). The van der Waals surface area contributed by atoms with Gasteiger partial charge >= 0.3 is 11.9 Å². The molecule has 0 aliphatic rings. The lowest BCUT2D eigenvalue weighted by molar-refractivity contribution is 0.0598. The Balaban J connectivity index is 0.000000273. The van der Waals surface area contributed by atoms with Crippen LogP contribution in [-0.4, -0.2) is 51.5 Å².